The topological polar surface area (TPSA) is 48.7 Å². The minimum Gasteiger partial charge on any atom is -0.306 e. The molecule has 1 aromatic heterocycles. The average Bonchev–Trinajstić information content (AvgIpc) is 2.45. The lowest BCUT2D eigenvalue weighted by Crippen LogP contribution is -2.18. The Balaban J connectivity index is 2.00. The van der Waals surface area contributed by atoms with Crippen molar-refractivity contribution in [3.05, 3.63) is 65.2 Å². The third kappa shape index (κ3) is 3.60. The van der Waals surface area contributed by atoms with E-state index in [1.165, 1.54) is 12.1 Å². The summed E-state index contributed by atoms with van der Waals surface area (Å²) in [5, 5.41) is 12.1. The molecule has 0 spiro atoms. The Morgan fingerprint density at radius 2 is 2.21 bits per heavy atom. The Labute approximate surface area is 111 Å². The summed E-state index contributed by atoms with van der Waals surface area (Å²) in [6.07, 6.45) is 1.61. The van der Waals surface area contributed by atoms with Gasteiger partial charge in [-0.25, -0.2) is 9.37 Å². The number of nitrogens with zero attached hydrogens (tertiary/aromatic N) is 2. The smallest absolute Gasteiger partial charge is 0.140 e. The van der Waals surface area contributed by atoms with E-state index in [1.54, 1.807) is 18.3 Å². The number of aromatic nitrogens is 1. The molecule has 19 heavy (non-hydrogen) atoms. The molecule has 0 aliphatic rings. The average molecular weight is 255 g/mol. The molecule has 3 nitrogen and oxygen atoms in total. The van der Waals surface area contributed by atoms with Crippen LogP contribution < -0.4 is 5.32 Å². The summed E-state index contributed by atoms with van der Waals surface area (Å²) >= 11 is 0. The number of nitriles is 1. The summed E-state index contributed by atoms with van der Waals surface area (Å²) in [6.45, 7) is 2.58. The van der Waals surface area contributed by atoms with Crippen LogP contribution in [0.15, 0.2) is 42.6 Å². The van der Waals surface area contributed by atoms with Crippen molar-refractivity contribution in [2.24, 2.45) is 0 Å². The van der Waals surface area contributed by atoms with Gasteiger partial charge in [0, 0.05) is 18.8 Å². The molecule has 0 aliphatic carbocycles. The van der Waals surface area contributed by atoms with Crippen LogP contribution in [0.2, 0.25) is 0 Å². The first-order chi connectivity index (χ1) is 9.19. The highest BCUT2D eigenvalue weighted by Gasteiger charge is 2.06. The molecule has 0 aliphatic heterocycles. The van der Waals surface area contributed by atoms with Crippen molar-refractivity contribution in [3.63, 3.8) is 0 Å². The van der Waals surface area contributed by atoms with Gasteiger partial charge in [-0.3, -0.25) is 0 Å². The fourth-order valence-corrected chi connectivity index (χ4v) is 1.81. The highest BCUT2D eigenvalue weighted by Crippen LogP contribution is 2.14. The molecule has 2 aromatic rings. The predicted octanol–water partition coefficient (Wildman–Crippen LogP) is 2.94. The largest absolute Gasteiger partial charge is 0.306 e. The van der Waals surface area contributed by atoms with Crippen LogP contribution in [-0.2, 0) is 6.54 Å². The van der Waals surface area contributed by atoms with Crippen LogP contribution >= 0.6 is 0 Å². The van der Waals surface area contributed by atoms with Gasteiger partial charge < -0.3 is 5.32 Å². The van der Waals surface area contributed by atoms with Gasteiger partial charge in [0.1, 0.15) is 17.6 Å². The molecule has 0 saturated carbocycles. The van der Waals surface area contributed by atoms with Crippen LogP contribution in [0.3, 0.4) is 0 Å². The second kappa shape index (κ2) is 6.07. The Kier molecular flexibility index (Phi) is 4.22. The van der Waals surface area contributed by atoms with Gasteiger partial charge in [-0.1, -0.05) is 12.1 Å². The zero-order chi connectivity index (χ0) is 13.7. The number of rotatable bonds is 4. The standard InChI is InChI=1S/C15H14FN3/c1-11(13-3-2-4-14(16)8-13)19-10-12-5-6-18-15(7-12)9-17/h2-8,11,19H,10H2,1H3/t11-/m1/s1. The van der Waals surface area contributed by atoms with E-state index in [0.717, 1.165) is 11.1 Å². The second-order valence-corrected chi connectivity index (χ2v) is 4.32. The third-order valence-corrected chi connectivity index (χ3v) is 2.90. The maximum Gasteiger partial charge on any atom is 0.140 e. The van der Waals surface area contributed by atoms with E-state index in [0.29, 0.717) is 12.2 Å². The fourth-order valence-electron chi connectivity index (χ4n) is 1.81. The van der Waals surface area contributed by atoms with Gasteiger partial charge in [0.2, 0.25) is 0 Å². The highest BCUT2D eigenvalue weighted by molar-refractivity contribution is 5.26. The molecule has 96 valence electrons. The molecule has 2 rings (SSSR count). The summed E-state index contributed by atoms with van der Waals surface area (Å²) in [7, 11) is 0. The van der Waals surface area contributed by atoms with Crippen LogP contribution in [0, 0.1) is 17.1 Å². The van der Waals surface area contributed by atoms with Crippen molar-refractivity contribution in [2.75, 3.05) is 0 Å². The Morgan fingerprint density at radius 3 is 2.95 bits per heavy atom. The first kappa shape index (κ1) is 13.2. The number of hydrogen-bond acceptors (Lipinski definition) is 3. The molecule has 4 heteroatoms. The second-order valence-electron chi connectivity index (χ2n) is 4.32. The first-order valence-corrected chi connectivity index (χ1v) is 6.03. The van der Waals surface area contributed by atoms with E-state index in [4.69, 9.17) is 5.26 Å². The SMILES string of the molecule is C[C@@H](NCc1ccnc(C#N)c1)c1cccc(F)c1. The fraction of sp³-hybridized carbons (Fsp3) is 0.200. The van der Waals surface area contributed by atoms with Crippen LogP contribution in [0.1, 0.15) is 29.8 Å². The number of hydrogen-bond donors (Lipinski definition) is 1. The maximum absolute atomic E-state index is 13.1. The van der Waals surface area contributed by atoms with E-state index in [2.05, 4.69) is 10.3 Å². The van der Waals surface area contributed by atoms with Crippen molar-refractivity contribution in [2.45, 2.75) is 19.5 Å². The van der Waals surface area contributed by atoms with Crippen molar-refractivity contribution < 1.29 is 4.39 Å². The molecule has 0 bridgehead atoms. The minimum atomic E-state index is -0.234. The molecule has 1 N–H and O–H groups in total. The predicted molar refractivity (Wildman–Crippen MR) is 70.6 cm³/mol. The summed E-state index contributed by atoms with van der Waals surface area (Å²) < 4.78 is 13.1. The number of benzene rings is 1. The summed E-state index contributed by atoms with van der Waals surface area (Å²) in [5.41, 5.74) is 2.28. The van der Waals surface area contributed by atoms with Gasteiger partial charge in [-0.2, -0.15) is 5.26 Å². The van der Waals surface area contributed by atoms with Crippen molar-refractivity contribution in [1.82, 2.24) is 10.3 Å². The van der Waals surface area contributed by atoms with Crippen molar-refractivity contribution in [3.8, 4) is 6.07 Å². The van der Waals surface area contributed by atoms with Crippen molar-refractivity contribution in [1.29, 1.82) is 5.26 Å². The molecule has 1 atom stereocenters. The lowest BCUT2D eigenvalue weighted by Gasteiger charge is -2.14. The molecule has 1 aromatic carbocycles. The van der Waals surface area contributed by atoms with Gasteiger partial charge in [0.05, 0.1) is 0 Å². The van der Waals surface area contributed by atoms with Gasteiger partial charge in [-0.05, 0) is 42.3 Å². The molecule has 0 amide bonds. The lowest BCUT2D eigenvalue weighted by molar-refractivity contribution is 0.565. The number of pyridine rings is 1. The Bertz CT molecular complexity index is 604. The van der Waals surface area contributed by atoms with Crippen LogP contribution in [0.5, 0.6) is 0 Å². The summed E-state index contributed by atoms with van der Waals surface area (Å²) in [4.78, 5) is 3.92. The lowest BCUT2D eigenvalue weighted by atomic mass is 10.1. The zero-order valence-corrected chi connectivity index (χ0v) is 10.6. The molecule has 1 heterocycles. The molecular formula is C15H14FN3. The van der Waals surface area contributed by atoms with E-state index >= 15 is 0 Å². The van der Waals surface area contributed by atoms with Crippen LogP contribution in [0.25, 0.3) is 0 Å². The molecule has 0 fully saturated rings. The monoisotopic (exact) mass is 255 g/mol. The Morgan fingerprint density at radius 1 is 1.37 bits per heavy atom. The van der Waals surface area contributed by atoms with Crippen LogP contribution in [-0.4, -0.2) is 4.98 Å². The quantitative estimate of drug-likeness (QED) is 0.913. The maximum atomic E-state index is 13.1. The van der Waals surface area contributed by atoms with E-state index in [9.17, 15) is 4.39 Å². The molecule has 0 radical (unpaired) electrons. The highest BCUT2D eigenvalue weighted by atomic mass is 19.1. The van der Waals surface area contributed by atoms with Gasteiger partial charge in [0.25, 0.3) is 0 Å². The number of halogens is 1. The first-order valence-electron chi connectivity index (χ1n) is 6.03. The summed E-state index contributed by atoms with van der Waals surface area (Å²) in [5.74, 6) is -0.234. The molecule has 0 unspecified atom stereocenters. The summed E-state index contributed by atoms with van der Waals surface area (Å²) in [6, 6.07) is 12.2. The minimum absolute atomic E-state index is 0.0365. The van der Waals surface area contributed by atoms with Crippen LogP contribution in [0.4, 0.5) is 4.39 Å². The van der Waals surface area contributed by atoms with Gasteiger partial charge in [0.15, 0.2) is 0 Å². The van der Waals surface area contributed by atoms with E-state index < -0.39 is 0 Å². The molecular weight excluding hydrogens is 241 g/mol. The number of nitrogens with one attached hydrogen (secondary N) is 1. The molecule has 0 saturated heterocycles. The van der Waals surface area contributed by atoms with Gasteiger partial charge >= 0.3 is 0 Å². The van der Waals surface area contributed by atoms with E-state index in [-0.39, 0.29) is 11.9 Å². The zero-order valence-electron chi connectivity index (χ0n) is 10.6. The normalized spacial score (nSPS) is 11.8. The van der Waals surface area contributed by atoms with E-state index in [1.807, 2.05) is 25.1 Å². The third-order valence-electron chi connectivity index (χ3n) is 2.90. The Hall–Kier alpha value is -2.25. The van der Waals surface area contributed by atoms with Gasteiger partial charge in [-0.15, -0.1) is 0 Å². The van der Waals surface area contributed by atoms with Crippen molar-refractivity contribution >= 4 is 0 Å².